The lowest BCUT2D eigenvalue weighted by Gasteiger charge is -2.14. The summed E-state index contributed by atoms with van der Waals surface area (Å²) in [6.45, 7) is 5.96. The van der Waals surface area contributed by atoms with Crippen molar-refractivity contribution in [3.8, 4) is 0 Å². The highest BCUT2D eigenvalue weighted by Crippen LogP contribution is 2.19. The van der Waals surface area contributed by atoms with E-state index in [1.54, 1.807) is 6.92 Å². The number of rotatable bonds is 13. The Kier molecular flexibility index (Phi) is 11.9. The van der Waals surface area contributed by atoms with Crippen molar-refractivity contribution in [1.82, 2.24) is 0 Å². The van der Waals surface area contributed by atoms with Crippen LogP contribution in [0.1, 0.15) is 91.4 Å². The standard InChI is InChI=1S/C17H32O2/c1-4-6-8-10-12-16(14-15(3)18)17(19)13-11-9-7-5-2/h16H,4-14H2,1-3H3. The molecule has 0 N–H and O–H groups in total. The summed E-state index contributed by atoms with van der Waals surface area (Å²) >= 11 is 0. The largest absolute Gasteiger partial charge is 0.300 e. The van der Waals surface area contributed by atoms with Gasteiger partial charge in [0.1, 0.15) is 11.6 Å². The van der Waals surface area contributed by atoms with E-state index in [0.29, 0.717) is 18.6 Å². The van der Waals surface area contributed by atoms with E-state index in [4.69, 9.17) is 0 Å². The van der Waals surface area contributed by atoms with Crippen molar-refractivity contribution in [2.24, 2.45) is 5.92 Å². The van der Waals surface area contributed by atoms with Gasteiger partial charge in [-0.25, -0.2) is 0 Å². The van der Waals surface area contributed by atoms with Gasteiger partial charge in [0.2, 0.25) is 0 Å². The Labute approximate surface area is 119 Å². The van der Waals surface area contributed by atoms with Gasteiger partial charge in [-0.15, -0.1) is 0 Å². The van der Waals surface area contributed by atoms with Gasteiger partial charge in [-0.1, -0.05) is 58.8 Å². The first kappa shape index (κ1) is 18.3. The number of carbonyl (C=O) groups is 2. The minimum Gasteiger partial charge on any atom is -0.300 e. The molecular weight excluding hydrogens is 236 g/mol. The van der Waals surface area contributed by atoms with Crippen LogP contribution in [0.4, 0.5) is 0 Å². The fourth-order valence-electron chi connectivity index (χ4n) is 2.47. The van der Waals surface area contributed by atoms with Crippen molar-refractivity contribution in [2.45, 2.75) is 91.4 Å². The lowest BCUT2D eigenvalue weighted by molar-refractivity contribution is -0.127. The van der Waals surface area contributed by atoms with Crippen LogP contribution < -0.4 is 0 Å². The smallest absolute Gasteiger partial charge is 0.136 e. The van der Waals surface area contributed by atoms with Gasteiger partial charge in [0.25, 0.3) is 0 Å². The molecule has 0 spiro atoms. The number of hydrogen-bond acceptors (Lipinski definition) is 2. The van der Waals surface area contributed by atoms with E-state index in [0.717, 1.165) is 25.7 Å². The fraction of sp³-hybridized carbons (Fsp3) is 0.882. The van der Waals surface area contributed by atoms with E-state index in [-0.39, 0.29) is 11.7 Å². The third kappa shape index (κ3) is 10.9. The third-order valence-corrected chi connectivity index (χ3v) is 3.67. The Morgan fingerprint density at radius 3 is 1.95 bits per heavy atom. The molecule has 112 valence electrons. The van der Waals surface area contributed by atoms with Gasteiger partial charge in [0.15, 0.2) is 0 Å². The quantitative estimate of drug-likeness (QED) is 0.436. The predicted octanol–water partition coefficient (Wildman–Crippen LogP) is 5.09. The van der Waals surface area contributed by atoms with Gasteiger partial charge < -0.3 is 4.79 Å². The first-order valence-corrected chi connectivity index (χ1v) is 8.13. The van der Waals surface area contributed by atoms with Gasteiger partial charge in [-0.05, 0) is 19.8 Å². The molecule has 0 aliphatic rings. The van der Waals surface area contributed by atoms with Crippen molar-refractivity contribution in [3.05, 3.63) is 0 Å². The van der Waals surface area contributed by atoms with E-state index >= 15 is 0 Å². The van der Waals surface area contributed by atoms with Crippen LogP contribution in [0, 0.1) is 5.92 Å². The average molecular weight is 268 g/mol. The Morgan fingerprint density at radius 1 is 0.842 bits per heavy atom. The number of unbranched alkanes of at least 4 members (excludes halogenated alkanes) is 6. The summed E-state index contributed by atoms with van der Waals surface area (Å²) in [5.74, 6) is 0.473. The summed E-state index contributed by atoms with van der Waals surface area (Å²) < 4.78 is 0. The van der Waals surface area contributed by atoms with Gasteiger partial charge in [-0.2, -0.15) is 0 Å². The molecule has 0 aromatic heterocycles. The summed E-state index contributed by atoms with van der Waals surface area (Å²) in [7, 11) is 0. The maximum absolute atomic E-state index is 12.2. The molecule has 0 radical (unpaired) electrons. The van der Waals surface area contributed by atoms with E-state index < -0.39 is 0 Å². The van der Waals surface area contributed by atoms with Crippen molar-refractivity contribution in [1.29, 1.82) is 0 Å². The molecule has 0 aliphatic carbocycles. The van der Waals surface area contributed by atoms with E-state index in [9.17, 15) is 9.59 Å². The predicted molar refractivity (Wildman–Crippen MR) is 81.3 cm³/mol. The van der Waals surface area contributed by atoms with Crippen LogP contribution in [-0.2, 0) is 9.59 Å². The molecule has 0 heterocycles. The molecule has 0 saturated carbocycles. The topological polar surface area (TPSA) is 34.1 Å². The van der Waals surface area contributed by atoms with E-state index in [1.165, 1.54) is 32.1 Å². The zero-order valence-electron chi connectivity index (χ0n) is 13.2. The molecule has 19 heavy (non-hydrogen) atoms. The second-order valence-electron chi connectivity index (χ2n) is 5.73. The summed E-state index contributed by atoms with van der Waals surface area (Å²) in [5, 5.41) is 0. The first-order valence-electron chi connectivity index (χ1n) is 8.13. The summed E-state index contributed by atoms with van der Waals surface area (Å²) in [4.78, 5) is 23.4. The molecule has 2 heteroatoms. The van der Waals surface area contributed by atoms with Crippen molar-refractivity contribution >= 4 is 11.6 Å². The Morgan fingerprint density at radius 2 is 1.42 bits per heavy atom. The molecule has 0 aliphatic heterocycles. The number of Topliss-reactive ketones (excluding diaryl/α,β-unsaturated/α-hetero) is 2. The normalized spacial score (nSPS) is 12.4. The van der Waals surface area contributed by atoms with Crippen molar-refractivity contribution in [2.75, 3.05) is 0 Å². The van der Waals surface area contributed by atoms with Crippen molar-refractivity contribution < 1.29 is 9.59 Å². The maximum atomic E-state index is 12.2. The molecule has 0 amide bonds. The molecule has 0 fully saturated rings. The number of hydrogen-bond donors (Lipinski definition) is 0. The minimum absolute atomic E-state index is 0.00372. The van der Waals surface area contributed by atoms with Crippen LogP contribution in [0.15, 0.2) is 0 Å². The lowest BCUT2D eigenvalue weighted by Crippen LogP contribution is -2.17. The molecule has 0 aromatic rings. The highest BCUT2D eigenvalue weighted by atomic mass is 16.1. The SMILES string of the molecule is CCCCCCC(=O)C(CCCCCC)CC(C)=O. The van der Waals surface area contributed by atoms with Crippen LogP contribution in [-0.4, -0.2) is 11.6 Å². The summed E-state index contributed by atoms with van der Waals surface area (Å²) in [6.07, 6.45) is 11.3. The van der Waals surface area contributed by atoms with E-state index in [1.807, 2.05) is 0 Å². The highest BCUT2D eigenvalue weighted by Gasteiger charge is 2.19. The zero-order valence-corrected chi connectivity index (χ0v) is 13.2. The molecule has 0 aromatic carbocycles. The number of ketones is 2. The molecule has 2 nitrogen and oxygen atoms in total. The Bertz CT molecular complexity index is 246. The Hall–Kier alpha value is -0.660. The van der Waals surface area contributed by atoms with Crippen LogP contribution in [0.25, 0.3) is 0 Å². The molecule has 1 unspecified atom stereocenters. The van der Waals surface area contributed by atoms with Gasteiger partial charge in [0.05, 0.1) is 0 Å². The Balaban J connectivity index is 4.00. The van der Waals surface area contributed by atoms with Gasteiger partial charge in [0, 0.05) is 18.8 Å². The van der Waals surface area contributed by atoms with Crippen LogP contribution in [0.2, 0.25) is 0 Å². The zero-order chi connectivity index (χ0) is 14.5. The van der Waals surface area contributed by atoms with Gasteiger partial charge in [-0.3, -0.25) is 4.79 Å². The maximum Gasteiger partial charge on any atom is 0.136 e. The highest BCUT2D eigenvalue weighted by molar-refractivity contribution is 5.86. The average Bonchev–Trinajstić information content (AvgIpc) is 2.37. The molecule has 0 bridgehead atoms. The molecule has 0 saturated heterocycles. The first-order chi connectivity index (χ1) is 9.11. The van der Waals surface area contributed by atoms with E-state index in [2.05, 4.69) is 13.8 Å². The second-order valence-corrected chi connectivity index (χ2v) is 5.73. The minimum atomic E-state index is -0.00372. The fourth-order valence-corrected chi connectivity index (χ4v) is 2.47. The molecular formula is C17H32O2. The van der Waals surface area contributed by atoms with Crippen LogP contribution in [0.3, 0.4) is 0 Å². The lowest BCUT2D eigenvalue weighted by atomic mass is 9.89. The molecule has 1 atom stereocenters. The van der Waals surface area contributed by atoms with Crippen molar-refractivity contribution in [3.63, 3.8) is 0 Å². The molecule has 0 rings (SSSR count). The van der Waals surface area contributed by atoms with Crippen LogP contribution in [0.5, 0.6) is 0 Å². The summed E-state index contributed by atoms with van der Waals surface area (Å²) in [5.41, 5.74) is 0. The summed E-state index contributed by atoms with van der Waals surface area (Å²) in [6, 6.07) is 0. The third-order valence-electron chi connectivity index (χ3n) is 3.67. The second kappa shape index (κ2) is 12.4. The van der Waals surface area contributed by atoms with Crippen LogP contribution >= 0.6 is 0 Å². The van der Waals surface area contributed by atoms with Gasteiger partial charge >= 0.3 is 0 Å². The monoisotopic (exact) mass is 268 g/mol. The number of carbonyl (C=O) groups excluding carboxylic acids is 2.